The zero-order valence-corrected chi connectivity index (χ0v) is 15.5. The van der Waals surface area contributed by atoms with Crippen LogP contribution in [0.4, 0.5) is 0 Å². The molecule has 8 heteroatoms. The van der Waals surface area contributed by atoms with Crippen molar-refractivity contribution in [1.82, 2.24) is 20.1 Å². The van der Waals surface area contributed by atoms with Gasteiger partial charge in [0.25, 0.3) is 0 Å². The second kappa shape index (κ2) is 5.59. The van der Waals surface area contributed by atoms with Gasteiger partial charge in [0, 0.05) is 24.9 Å². The Morgan fingerprint density at radius 2 is 1.52 bits per heavy atom. The number of thiocarbonyl (C=S) groups is 2. The third-order valence-electron chi connectivity index (χ3n) is 4.59. The van der Waals surface area contributed by atoms with Gasteiger partial charge in [0.1, 0.15) is 9.98 Å². The van der Waals surface area contributed by atoms with Gasteiger partial charge in [-0.3, -0.25) is 4.98 Å². The van der Waals surface area contributed by atoms with Crippen molar-refractivity contribution in [1.29, 1.82) is 0 Å². The van der Waals surface area contributed by atoms with Gasteiger partial charge in [0.2, 0.25) is 5.88 Å². The Morgan fingerprint density at radius 1 is 1.04 bits per heavy atom. The van der Waals surface area contributed by atoms with Gasteiger partial charge in [-0.05, 0) is 25.7 Å². The van der Waals surface area contributed by atoms with Crippen LogP contribution in [-0.2, 0) is 0 Å². The fraction of sp³-hybridized carbons (Fsp3) is 0.667. The lowest BCUT2D eigenvalue weighted by molar-refractivity contribution is 0.0254. The lowest BCUT2D eigenvalue weighted by Gasteiger charge is -2.23. The molecule has 0 aliphatic heterocycles. The van der Waals surface area contributed by atoms with Crippen LogP contribution in [0.5, 0.6) is 11.9 Å². The van der Waals surface area contributed by atoms with E-state index in [0.717, 1.165) is 35.7 Å². The minimum absolute atomic E-state index is 0.0854. The average Bonchev–Trinajstić information content (AvgIpc) is 3.40. The number of imidazole rings is 1. The minimum Gasteiger partial charge on any atom is -0.359 e. The normalized spacial score (nSPS) is 19.7. The van der Waals surface area contributed by atoms with Crippen LogP contribution in [0.3, 0.4) is 0 Å². The van der Waals surface area contributed by atoms with Gasteiger partial charge in [-0.25, -0.2) is 10.1 Å². The molecule has 0 unspecified atom stereocenters. The van der Waals surface area contributed by atoms with Crippen LogP contribution in [0.15, 0.2) is 6.20 Å². The first kappa shape index (κ1) is 16.4. The van der Waals surface area contributed by atoms with Crippen LogP contribution in [0, 0.1) is 10.8 Å². The van der Waals surface area contributed by atoms with E-state index in [1.54, 1.807) is 23.4 Å². The van der Waals surface area contributed by atoms with E-state index in [2.05, 4.69) is 23.8 Å². The first-order valence-electron chi connectivity index (χ1n) is 7.71. The van der Waals surface area contributed by atoms with Gasteiger partial charge in [0.15, 0.2) is 0 Å². The molecule has 0 atom stereocenters. The number of aromatic nitrogens is 2. The third kappa shape index (κ3) is 3.42. The maximum absolute atomic E-state index is 5.69. The van der Waals surface area contributed by atoms with Crippen LogP contribution >= 0.6 is 24.4 Å². The highest BCUT2D eigenvalue weighted by Gasteiger charge is 2.45. The Kier molecular flexibility index (Phi) is 4.00. The molecule has 126 valence electrons. The number of H-pyrrole nitrogens is 1. The molecule has 1 heterocycles. The molecule has 2 aliphatic rings. The van der Waals surface area contributed by atoms with E-state index in [9.17, 15) is 0 Å². The van der Waals surface area contributed by atoms with Gasteiger partial charge in [-0.1, -0.05) is 38.3 Å². The molecule has 23 heavy (non-hydrogen) atoms. The fourth-order valence-electron chi connectivity index (χ4n) is 2.30. The summed E-state index contributed by atoms with van der Waals surface area (Å²) < 4.78 is 0. The smallest absolute Gasteiger partial charge is 0.323 e. The fourth-order valence-corrected chi connectivity index (χ4v) is 2.79. The first-order valence-corrected chi connectivity index (χ1v) is 8.52. The molecule has 1 aromatic heterocycles. The van der Waals surface area contributed by atoms with Crippen molar-refractivity contribution in [3.8, 4) is 11.9 Å². The number of nitrogens with zero attached hydrogens (tertiary/aromatic N) is 3. The number of hydrogen-bond donors (Lipinski definition) is 1. The van der Waals surface area contributed by atoms with Crippen LogP contribution in [0.2, 0.25) is 0 Å². The lowest BCUT2D eigenvalue weighted by Crippen LogP contribution is -2.34. The summed E-state index contributed by atoms with van der Waals surface area (Å²) in [5.74, 6) is 0.478. The standard InChI is InChI=1S/C15H22N4O2S2/c1-14(5-6-14)11(22)18(3)20-10-9-16-13(17-10)21-19(4)12(23)15(2)7-8-15/h9H,5-8H2,1-4H3,(H,16,17). The number of hydroxylamine groups is 4. The van der Waals surface area contributed by atoms with Crippen molar-refractivity contribution in [3.63, 3.8) is 0 Å². The Labute approximate surface area is 147 Å². The highest BCUT2D eigenvalue weighted by Crippen LogP contribution is 2.47. The van der Waals surface area contributed by atoms with E-state index in [-0.39, 0.29) is 10.8 Å². The predicted molar refractivity (Wildman–Crippen MR) is 95.2 cm³/mol. The number of nitrogens with one attached hydrogen (secondary N) is 1. The summed E-state index contributed by atoms with van der Waals surface area (Å²) in [4.78, 5) is 20.0. The van der Waals surface area contributed by atoms with Crippen molar-refractivity contribution in [2.45, 2.75) is 39.5 Å². The van der Waals surface area contributed by atoms with Crippen molar-refractivity contribution in [2.75, 3.05) is 14.1 Å². The Balaban J connectivity index is 1.55. The Hall–Kier alpha value is -1.41. The molecule has 1 aromatic rings. The number of hydrogen-bond acceptors (Lipinski definition) is 5. The molecule has 1 N–H and O–H groups in total. The molecule has 0 saturated heterocycles. The Morgan fingerprint density at radius 3 is 2.00 bits per heavy atom. The van der Waals surface area contributed by atoms with E-state index in [4.69, 9.17) is 34.1 Å². The molecule has 0 amide bonds. The third-order valence-corrected chi connectivity index (χ3v) is 6.09. The molecule has 2 fully saturated rings. The molecule has 0 spiro atoms. The minimum atomic E-state index is 0.0854. The second-order valence-corrected chi connectivity index (χ2v) is 7.74. The topological polar surface area (TPSA) is 53.6 Å². The maximum atomic E-state index is 5.69. The summed E-state index contributed by atoms with van der Waals surface area (Å²) in [6.07, 6.45) is 6.00. The number of rotatable bonds is 6. The van der Waals surface area contributed by atoms with Gasteiger partial charge >= 0.3 is 6.01 Å². The first-order chi connectivity index (χ1) is 10.7. The lowest BCUT2D eigenvalue weighted by atomic mass is 10.1. The zero-order chi connectivity index (χ0) is 16.8. The second-order valence-electron chi connectivity index (χ2n) is 6.96. The van der Waals surface area contributed by atoms with Gasteiger partial charge in [0.05, 0.1) is 6.20 Å². The van der Waals surface area contributed by atoms with Crippen LogP contribution in [0.25, 0.3) is 0 Å². The quantitative estimate of drug-likeness (QED) is 0.622. The molecule has 0 bridgehead atoms. The zero-order valence-electron chi connectivity index (χ0n) is 13.9. The van der Waals surface area contributed by atoms with Crippen molar-refractivity contribution in [2.24, 2.45) is 10.8 Å². The monoisotopic (exact) mass is 354 g/mol. The van der Waals surface area contributed by atoms with E-state index in [0.29, 0.717) is 11.9 Å². The van der Waals surface area contributed by atoms with E-state index in [1.165, 1.54) is 0 Å². The number of aromatic amines is 1. The molecule has 2 aliphatic carbocycles. The van der Waals surface area contributed by atoms with Crippen molar-refractivity contribution < 1.29 is 9.68 Å². The Bertz CT molecular complexity index is 585. The van der Waals surface area contributed by atoms with Gasteiger partial charge in [-0.2, -0.15) is 4.98 Å². The molecule has 3 rings (SSSR count). The van der Waals surface area contributed by atoms with Crippen LogP contribution in [0.1, 0.15) is 39.5 Å². The molecule has 2 saturated carbocycles. The molecule has 6 nitrogen and oxygen atoms in total. The SMILES string of the molecule is CN(Oc1cnc(ON(C)C(=S)C2(C)CC2)[nH]1)C(=S)C1(C)CC1. The summed E-state index contributed by atoms with van der Waals surface area (Å²) in [5.41, 5.74) is 0.178. The summed E-state index contributed by atoms with van der Waals surface area (Å²) in [7, 11) is 3.60. The highest BCUT2D eigenvalue weighted by atomic mass is 32.1. The van der Waals surface area contributed by atoms with Gasteiger partial charge < -0.3 is 9.68 Å². The average molecular weight is 355 g/mol. The summed E-state index contributed by atoms with van der Waals surface area (Å²) >= 11 is 10.9. The summed E-state index contributed by atoms with van der Waals surface area (Å²) in [6, 6.07) is 0.339. The maximum Gasteiger partial charge on any atom is 0.323 e. The molecule has 0 aromatic carbocycles. The summed E-state index contributed by atoms with van der Waals surface area (Å²) in [5, 5.41) is 3.20. The van der Waals surface area contributed by atoms with E-state index >= 15 is 0 Å². The van der Waals surface area contributed by atoms with Crippen LogP contribution < -0.4 is 9.68 Å². The van der Waals surface area contributed by atoms with Gasteiger partial charge in [-0.15, -0.1) is 0 Å². The molecular formula is C15H22N4O2S2. The van der Waals surface area contributed by atoms with Crippen molar-refractivity contribution >= 4 is 34.4 Å². The van der Waals surface area contributed by atoms with Crippen LogP contribution in [-0.4, -0.2) is 44.2 Å². The molecule has 0 radical (unpaired) electrons. The van der Waals surface area contributed by atoms with Crippen molar-refractivity contribution in [3.05, 3.63) is 6.20 Å². The molecular weight excluding hydrogens is 332 g/mol. The summed E-state index contributed by atoms with van der Waals surface area (Å²) in [6.45, 7) is 4.28. The van der Waals surface area contributed by atoms with E-state index in [1.807, 2.05) is 7.05 Å². The largest absolute Gasteiger partial charge is 0.359 e. The highest BCUT2D eigenvalue weighted by molar-refractivity contribution is 7.80. The predicted octanol–water partition coefficient (Wildman–Crippen LogP) is 3.12. The van der Waals surface area contributed by atoms with E-state index < -0.39 is 0 Å².